The molecule has 1 heterocycles. The van der Waals surface area contributed by atoms with Gasteiger partial charge in [0.05, 0.1) is 17.2 Å². The van der Waals surface area contributed by atoms with E-state index >= 15 is 0 Å². The van der Waals surface area contributed by atoms with E-state index in [1.807, 2.05) is 49.4 Å². The van der Waals surface area contributed by atoms with Crippen LogP contribution in [-0.4, -0.2) is 17.8 Å². The predicted octanol–water partition coefficient (Wildman–Crippen LogP) is 7.71. The van der Waals surface area contributed by atoms with E-state index in [1.54, 1.807) is 30.3 Å². The van der Waals surface area contributed by atoms with Gasteiger partial charge in [-0.3, -0.25) is 9.59 Å². The molecule has 4 aromatic rings. The quantitative estimate of drug-likeness (QED) is 0.236. The fourth-order valence-electron chi connectivity index (χ4n) is 4.01. The summed E-state index contributed by atoms with van der Waals surface area (Å²) >= 11 is 6.84. The Morgan fingerprint density at radius 3 is 2.47 bits per heavy atom. The van der Waals surface area contributed by atoms with Crippen LogP contribution < -0.4 is 14.4 Å². The highest BCUT2D eigenvalue weighted by Crippen LogP contribution is 2.37. The summed E-state index contributed by atoms with van der Waals surface area (Å²) in [6, 6.07) is 26.4. The molecular formula is C29H22ClNO4S. The highest BCUT2D eigenvalue weighted by atomic mass is 35.5. The molecule has 4 aromatic carbocycles. The van der Waals surface area contributed by atoms with Crippen LogP contribution in [0.1, 0.15) is 18.1 Å². The zero-order valence-electron chi connectivity index (χ0n) is 19.4. The molecule has 0 spiro atoms. The topological polar surface area (TPSA) is 55.8 Å². The van der Waals surface area contributed by atoms with Crippen molar-refractivity contribution in [2.45, 2.75) is 13.5 Å². The normalized spacial score (nSPS) is 14.6. The summed E-state index contributed by atoms with van der Waals surface area (Å²) in [7, 11) is 0. The van der Waals surface area contributed by atoms with Crippen LogP contribution in [0.25, 0.3) is 16.8 Å². The molecule has 5 nitrogen and oxygen atoms in total. The lowest BCUT2D eigenvalue weighted by molar-refractivity contribution is -0.113. The number of hydrogen-bond donors (Lipinski definition) is 0. The van der Waals surface area contributed by atoms with Crippen LogP contribution >= 0.6 is 23.4 Å². The summed E-state index contributed by atoms with van der Waals surface area (Å²) < 4.78 is 12.0. The summed E-state index contributed by atoms with van der Waals surface area (Å²) in [4.78, 5) is 27.0. The van der Waals surface area contributed by atoms with Crippen molar-refractivity contribution in [2.24, 2.45) is 0 Å². The number of carbonyl (C=O) groups is 2. The fourth-order valence-corrected chi connectivity index (χ4v) is 4.98. The average Bonchev–Trinajstić information content (AvgIpc) is 3.16. The van der Waals surface area contributed by atoms with Crippen molar-refractivity contribution in [3.63, 3.8) is 0 Å². The summed E-state index contributed by atoms with van der Waals surface area (Å²) in [6.45, 7) is 2.75. The monoisotopic (exact) mass is 515 g/mol. The smallest absolute Gasteiger partial charge is 0.298 e. The van der Waals surface area contributed by atoms with Crippen LogP contribution in [-0.2, 0) is 11.4 Å². The minimum atomic E-state index is -0.374. The lowest BCUT2D eigenvalue weighted by Crippen LogP contribution is -2.27. The Kier molecular flexibility index (Phi) is 6.98. The highest BCUT2D eigenvalue weighted by molar-refractivity contribution is 8.19. The Bertz CT molecular complexity index is 1480. The summed E-state index contributed by atoms with van der Waals surface area (Å²) in [5.74, 6) is 0.807. The van der Waals surface area contributed by atoms with E-state index in [-0.39, 0.29) is 11.1 Å². The zero-order chi connectivity index (χ0) is 25.1. The fraction of sp³-hybridized carbons (Fsp3) is 0.103. The van der Waals surface area contributed by atoms with Crippen molar-refractivity contribution >= 4 is 57.0 Å². The molecule has 0 bridgehead atoms. The number of amides is 2. The second-order valence-corrected chi connectivity index (χ2v) is 9.49. The van der Waals surface area contributed by atoms with Gasteiger partial charge in [0.25, 0.3) is 11.1 Å². The van der Waals surface area contributed by atoms with Gasteiger partial charge in [-0.1, -0.05) is 60.1 Å². The Hall–Kier alpha value is -3.74. The van der Waals surface area contributed by atoms with Crippen LogP contribution in [0.4, 0.5) is 10.5 Å². The highest BCUT2D eigenvalue weighted by Gasteiger charge is 2.36. The lowest BCUT2D eigenvalue weighted by atomic mass is 10.1. The zero-order valence-corrected chi connectivity index (χ0v) is 21.0. The van der Waals surface area contributed by atoms with Crippen LogP contribution in [0.15, 0.2) is 89.8 Å². The number of carbonyl (C=O) groups excluding carboxylic acids is 2. The number of thioether (sulfide) groups is 1. The van der Waals surface area contributed by atoms with Crippen molar-refractivity contribution in [1.82, 2.24) is 0 Å². The largest absolute Gasteiger partial charge is 0.490 e. The molecule has 0 aliphatic carbocycles. The molecule has 0 saturated carbocycles. The molecule has 0 atom stereocenters. The molecule has 1 aliphatic heterocycles. The van der Waals surface area contributed by atoms with E-state index < -0.39 is 0 Å². The van der Waals surface area contributed by atoms with Gasteiger partial charge in [0.2, 0.25) is 0 Å². The standard InChI is InChI=1S/C29H22ClNO4S/c1-2-34-26-16-19(17-27-28(32)31(29(33)36-27)23-13-11-22(30)12-14-23)10-15-25(26)35-18-21-8-5-7-20-6-3-4-9-24(20)21/h3-17H,2,18H2,1H3/b27-17-. The van der Waals surface area contributed by atoms with Gasteiger partial charge in [-0.15, -0.1) is 0 Å². The van der Waals surface area contributed by atoms with E-state index in [1.165, 1.54) is 0 Å². The van der Waals surface area contributed by atoms with Crippen molar-refractivity contribution < 1.29 is 19.1 Å². The van der Waals surface area contributed by atoms with E-state index in [0.29, 0.717) is 40.3 Å². The van der Waals surface area contributed by atoms with Crippen LogP contribution in [0, 0.1) is 0 Å². The Labute approximate surface area is 218 Å². The first-order chi connectivity index (χ1) is 17.5. The van der Waals surface area contributed by atoms with Gasteiger partial charge in [0.1, 0.15) is 6.61 Å². The first-order valence-electron chi connectivity index (χ1n) is 11.4. The maximum Gasteiger partial charge on any atom is 0.298 e. The maximum atomic E-state index is 13.0. The van der Waals surface area contributed by atoms with Crippen molar-refractivity contribution in [1.29, 1.82) is 0 Å². The summed E-state index contributed by atoms with van der Waals surface area (Å²) in [6.07, 6.45) is 1.69. The van der Waals surface area contributed by atoms with Gasteiger partial charge in [-0.2, -0.15) is 0 Å². The molecule has 36 heavy (non-hydrogen) atoms. The van der Waals surface area contributed by atoms with E-state index in [4.69, 9.17) is 21.1 Å². The number of fused-ring (bicyclic) bond motifs is 1. The van der Waals surface area contributed by atoms with Crippen molar-refractivity contribution in [3.8, 4) is 11.5 Å². The molecule has 7 heteroatoms. The molecule has 180 valence electrons. The third-order valence-corrected chi connectivity index (χ3v) is 6.83. The molecule has 0 unspecified atom stereocenters. The third-order valence-electron chi connectivity index (χ3n) is 5.71. The van der Waals surface area contributed by atoms with Crippen LogP contribution in [0.3, 0.4) is 0 Å². The number of ether oxygens (including phenoxy) is 2. The van der Waals surface area contributed by atoms with E-state index in [2.05, 4.69) is 18.2 Å². The Morgan fingerprint density at radius 2 is 1.67 bits per heavy atom. The number of rotatable bonds is 7. The number of nitrogens with zero attached hydrogens (tertiary/aromatic N) is 1. The molecule has 0 aromatic heterocycles. The third kappa shape index (κ3) is 4.96. The first-order valence-corrected chi connectivity index (χ1v) is 12.6. The molecule has 1 fully saturated rings. The molecule has 2 amide bonds. The second-order valence-electron chi connectivity index (χ2n) is 8.06. The number of benzene rings is 4. The lowest BCUT2D eigenvalue weighted by Gasteiger charge is -2.14. The van der Waals surface area contributed by atoms with Gasteiger partial charge in [-0.25, -0.2) is 4.90 Å². The molecule has 0 radical (unpaired) electrons. The maximum absolute atomic E-state index is 13.0. The Morgan fingerprint density at radius 1 is 0.889 bits per heavy atom. The molecule has 1 aliphatic rings. The number of anilines is 1. The summed E-state index contributed by atoms with van der Waals surface area (Å²) in [5.41, 5.74) is 2.30. The van der Waals surface area contributed by atoms with Gasteiger partial charge in [0.15, 0.2) is 11.5 Å². The average molecular weight is 516 g/mol. The van der Waals surface area contributed by atoms with Gasteiger partial charge in [0, 0.05) is 5.02 Å². The summed E-state index contributed by atoms with van der Waals surface area (Å²) in [5, 5.41) is 2.48. The number of halogens is 1. The van der Waals surface area contributed by atoms with Crippen LogP contribution in [0.2, 0.25) is 5.02 Å². The predicted molar refractivity (Wildman–Crippen MR) is 146 cm³/mol. The minimum Gasteiger partial charge on any atom is -0.490 e. The number of imide groups is 1. The molecule has 1 saturated heterocycles. The van der Waals surface area contributed by atoms with E-state index in [9.17, 15) is 9.59 Å². The van der Waals surface area contributed by atoms with Gasteiger partial charge < -0.3 is 9.47 Å². The van der Waals surface area contributed by atoms with Crippen molar-refractivity contribution in [2.75, 3.05) is 11.5 Å². The molecular weight excluding hydrogens is 494 g/mol. The minimum absolute atomic E-state index is 0.335. The van der Waals surface area contributed by atoms with Crippen molar-refractivity contribution in [3.05, 3.63) is 106 Å². The molecule has 5 rings (SSSR count). The van der Waals surface area contributed by atoms with E-state index in [0.717, 1.165) is 38.6 Å². The first kappa shape index (κ1) is 24.0. The molecule has 0 N–H and O–H groups in total. The Balaban J connectivity index is 1.37. The van der Waals surface area contributed by atoms with Gasteiger partial charge >= 0.3 is 0 Å². The van der Waals surface area contributed by atoms with Gasteiger partial charge in [-0.05, 0) is 83.1 Å². The SMILES string of the molecule is CCOc1cc(/C=C2\SC(=O)N(c3ccc(Cl)cc3)C2=O)ccc1OCc1cccc2ccccc12. The van der Waals surface area contributed by atoms with Crippen LogP contribution in [0.5, 0.6) is 11.5 Å². The number of hydrogen-bond acceptors (Lipinski definition) is 5. The second kappa shape index (κ2) is 10.5.